The fourth-order valence-electron chi connectivity index (χ4n) is 9.71. The Balaban J connectivity index is 1.06. The van der Waals surface area contributed by atoms with Gasteiger partial charge in [0, 0.05) is 66.1 Å². The van der Waals surface area contributed by atoms with Crippen LogP contribution in [-0.2, 0) is 0 Å². The molecule has 0 amide bonds. The first-order valence-electron chi connectivity index (χ1n) is 21.3. The summed E-state index contributed by atoms with van der Waals surface area (Å²) in [5, 5.41) is 7.26. The molecule has 13 aromatic rings. The number of fused-ring (bicyclic) bond motifs is 10. The summed E-state index contributed by atoms with van der Waals surface area (Å²) < 4.78 is 7.26. The van der Waals surface area contributed by atoms with Crippen molar-refractivity contribution >= 4 is 65.4 Å². The van der Waals surface area contributed by atoms with E-state index in [0.717, 1.165) is 61.2 Å². The molecular weight excluding hydrogens is 769 g/mol. The second-order valence-corrected chi connectivity index (χ2v) is 16.0. The molecule has 0 bridgehead atoms. The highest BCUT2D eigenvalue weighted by atomic mass is 15.0. The lowest BCUT2D eigenvalue weighted by Crippen LogP contribution is -2.00. The second-order valence-electron chi connectivity index (χ2n) is 16.0. The first kappa shape index (κ1) is 35.2. The van der Waals surface area contributed by atoms with E-state index in [1.54, 1.807) is 0 Å². The molecule has 6 nitrogen and oxygen atoms in total. The normalized spacial score (nSPS) is 11.8. The van der Waals surface area contributed by atoms with Crippen LogP contribution in [0.5, 0.6) is 0 Å². The zero-order valence-electron chi connectivity index (χ0n) is 34.0. The molecule has 0 unspecified atom stereocenters. The highest BCUT2D eigenvalue weighted by Gasteiger charge is 2.22. The van der Waals surface area contributed by atoms with E-state index in [1.165, 1.54) is 38.0 Å². The maximum atomic E-state index is 5.09. The number of hydrogen-bond acceptors (Lipinski definition) is 3. The van der Waals surface area contributed by atoms with Crippen LogP contribution < -0.4 is 0 Å². The number of hydrogen-bond donors (Lipinski definition) is 0. The number of para-hydroxylation sites is 4. The Kier molecular flexibility index (Phi) is 7.80. The summed E-state index contributed by atoms with van der Waals surface area (Å²) in [6.07, 6.45) is 0. The fourth-order valence-corrected chi connectivity index (χ4v) is 9.71. The molecule has 4 aromatic heterocycles. The summed E-state index contributed by atoms with van der Waals surface area (Å²) in [6.45, 7) is 0. The third-order valence-electron chi connectivity index (χ3n) is 12.5. The van der Waals surface area contributed by atoms with E-state index in [0.29, 0.717) is 17.5 Å². The Morgan fingerprint density at radius 3 is 1.33 bits per heavy atom. The maximum absolute atomic E-state index is 5.09. The Hall–Kier alpha value is -8.61. The quantitative estimate of drug-likeness (QED) is 0.168. The van der Waals surface area contributed by atoms with Gasteiger partial charge in [-0.15, -0.1) is 0 Å². The predicted octanol–water partition coefficient (Wildman–Crippen LogP) is 14.2. The van der Waals surface area contributed by atoms with Gasteiger partial charge in [0.25, 0.3) is 0 Å². The lowest BCUT2D eigenvalue weighted by Gasteiger charge is -2.12. The average Bonchev–Trinajstić information content (AvgIpc) is 4.00. The van der Waals surface area contributed by atoms with Crippen molar-refractivity contribution in [1.29, 1.82) is 0 Å². The van der Waals surface area contributed by atoms with Crippen molar-refractivity contribution in [2.24, 2.45) is 0 Å². The summed E-state index contributed by atoms with van der Waals surface area (Å²) in [5.41, 5.74) is 13.0. The topological polar surface area (TPSA) is 53.5 Å². The molecule has 0 aliphatic heterocycles. The van der Waals surface area contributed by atoms with E-state index in [9.17, 15) is 0 Å². The molecule has 0 fully saturated rings. The highest BCUT2D eigenvalue weighted by Crippen LogP contribution is 2.43. The molecule has 0 spiro atoms. The Bertz CT molecular complexity index is 3830. The lowest BCUT2D eigenvalue weighted by molar-refractivity contribution is 1.07. The number of aromatic nitrogens is 6. The third kappa shape index (κ3) is 5.48. The van der Waals surface area contributed by atoms with Crippen molar-refractivity contribution in [3.63, 3.8) is 0 Å². The van der Waals surface area contributed by atoms with Crippen LogP contribution in [0.15, 0.2) is 218 Å². The largest absolute Gasteiger partial charge is 0.309 e. The molecule has 0 aliphatic rings. The molecule has 63 heavy (non-hydrogen) atoms. The van der Waals surface area contributed by atoms with Crippen molar-refractivity contribution in [2.45, 2.75) is 0 Å². The van der Waals surface area contributed by atoms with Gasteiger partial charge in [-0.2, -0.15) is 0 Å². The predicted molar refractivity (Wildman–Crippen MR) is 259 cm³/mol. The van der Waals surface area contributed by atoms with Gasteiger partial charge >= 0.3 is 0 Å². The van der Waals surface area contributed by atoms with Crippen molar-refractivity contribution in [3.05, 3.63) is 218 Å². The van der Waals surface area contributed by atoms with Gasteiger partial charge in [0.15, 0.2) is 17.5 Å². The summed E-state index contributed by atoms with van der Waals surface area (Å²) in [4.78, 5) is 15.1. The highest BCUT2D eigenvalue weighted by molar-refractivity contribution is 6.26. The minimum atomic E-state index is 0.625. The van der Waals surface area contributed by atoms with Crippen LogP contribution in [-0.4, -0.2) is 28.7 Å². The van der Waals surface area contributed by atoms with Gasteiger partial charge < -0.3 is 13.7 Å². The first-order chi connectivity index (χ1) is 31.3. The number of rotatable bonds is 6. The van der Waals surface area contributed by atoms with Crippen LogP contribution in [0.4, 0.5) is 0 Å². The third-order valence-corrected chi connectivity index (χ3v) is 12.5. The van der Waals surface area contributed by atoms with Crippen molar-refractivity contribution < 1.29 is 0 Å². The van der Waals surface area contributed by atoms with Crippen molar-refractivity contribution in [3.8, 4) is 51.2 Å². The smallest absolute Gasteiger partial charge is 0.164 e. The van der Waals surface area contributed by atoms with E-state index in [2.05, 4.69) is 171 Å². The summed E-state index contributed by atoms with van der Waals surface area (Å²) in [7, 11) is 0. The minimum Gasteiger partial charge on any atom is -0.309 e. The molecule has 4 heterocycles. The van der Waals surface area contributed by atoms with Crippen LogP contribution in [0.1, 0.15) is 0 Å². The van der Waals surface area contributed by atoms with Gasteiger partial charge in [0.1, 0.15) is 0 Å². The number of benzene rings is 9. The van der Waals surface area contributed by atoms with Gasteiger partial charge in [-0.1, -0.05) is 158 Å². The van der Waals surface area contributed by atoms with E-state index in [4.69, 9.17) is 15.0 Å². The Morgan fingerprint density at radius 2 is 0.698 bits per heavy atom. The summed E-state index contributed by atoms with van der Waals surface area (Å²) in [6, 6.07) is 77.4. The van der Waals surface area contributed by atoms with Crippen LogP contribution in [0.3, 0.4) is 0 Å². The summed E-state index contributed by atoms with van der Waals surface area (Å²) in [5.74, 6) is 1.90. The van der Waals surface area contributed by atoms with Gasteiger partial charge in [0.05, 0.1) is 33.1 Å². The zero-order valence-corrected chi connectivity index (χ0v) is 34.0. The second kappa shape index (κ2) is 14.0. The van der Waals surface area contributed by atoms with Crippen LogP contribution in [0, 0.1) is 0 Å². The molecule has 294 valence electrons. The molecular formula is C57H36N6. The molecule has 9 aromatic carbocycles. The zero-order chi connectivity index (χ0) is 41.4. The maximum Gasteiger partial charge on any atom is 0.164 e. The molecule has 6 heteroatoms. The average molecular weight is 805 g/mol. The summed E-state index contributed by atoms with van der Waals surface area (Å²) >= 11 is 0. The van der Waals surface area contributed by atoms with Crippen LogP contribution in [0.2, 0.25) is 0 Å². The molecule has 0 saturated heterocycles. The van der Waals surface area contributed by atoms with Crippen LogP contribution >= 0.6 is 0 Å². The number of nitrogens with zero attached hydrogens (tertiary/aromatic N) is 6. The molecule has 0 radical (unpaired) electrons. The molecule has 0 aliphatic carbocycles. The van der Waals surface area contributed by atoms with Crippen molar-refractivity contribution in [1.82, 2.24) is 28.7 Å². The van der Waals surface area contributed by atoms with Gasteiger partial charge in [-0.25, -0.2) is 15.0 Å². The SMILES string of the molecule is c1ccc(-c2nc(-c3ccccc3)nc(-c3ccc4c5ccc(-n6c7ccccc7c7c6ccc6c8ccccc8n(-c8ccccc8)c67)cc5n(-c5ccccc5)c4c3)n2)cc1. The van der Waals surface area contributed by atoms with E-state index in [-0.39, 0.29) is 0 Å². The standard InChI is InChI=1S/C57H36N6/c1-5-17-37(18-6-1)55-58-56(38-19-7-2-8-20-38)60-57(59-55)39-29-31-44-45-32-30-42(36-52(45)61(51(44)35-39)40-21-9-3-10-22-40)62-49-28-16-14-26-47(49)53-50(62)34-33-46-43-25-13-15-27-48(43)63(54(46)53)41-23-11-4-12-24-41/h1-36H. The van der Waals surface area contributed by atoms with E-state index < -0.39 is 0 Å². The molecule has 0 N–H and O–H groups in total. The van der Waals surface area contributed by atoms with Crippen molar-refractivity contribution in [2.75, 3.05) is 0 Å². The molecule has 0 atom stereocenters. The van der Waals surface area contributed by atoms with Gasteiger partial charge in [-0.05, 0) is 60.7 Å². The van der Waals surface area contributed by atoms with Gasteiger partial charge in [0.2, 0.25) is 0 Å². The molecule has 0 saturated carbocycles. The van der Waals surface area contributed by atoms with Crippen LogP contribution in [0.25, 0.3) is 117 Å². The lowest BCUT2D eigenvalue weighted by atomic mass is 10.1. The molecule has 13 rings (SSSR count). The Morgan fingerprint density at radius 1 is 0.254 bits per heavy atom. The van der Waals surface area contributed by atoms with E-state index >= 15 is 0 Å². The fraction of sp³-hybridized carbons (Fsp3) is 0. The van der Waals surface area contributed by atoms with E-state index in [1.807, 2.05) is 60.7 Å². The Labute approximate surface area is 362 Å². The first-order valence-corrected chi connectivity index (χ1v) is 21.3. The monoisotopic (exact) mass is 804 g/mol. The van der Waals surface area contributed by atoms with Gasteiger partial charge in [-0.3, -0.25) is 0 Å². The minimum absolute atomic E-state index is 0.625.